The third-order valence-electron chi connectivity index (χ3n) is 4.08. The summed E-state index contributed by atoms with van der Waals surface area (Å²) in [4.78, 5) is 15.9. The van der Waals surface area contributed by atoms with E-state index in [1.807, 2.05) is 11.4 Å². The van der Waals surface area contributed by atoms with E-state index in [4.69, 9.17) is 11.6 Å². The lowest BCUT2D eigenvalue weighted by Crippen LogP contribution is -1.98. The zero-order chi connectivity index (χ0) is 17.6. The van der Waals surface area contributed by atoms with E-state index in [1.54, 1.807) is 41.7 Å². The predicted octanol–water partition coefficient (Wildman–Crippen LogP) is 5.53. The summed E-state index contributed by atoms with van der Waals surface area (Å²) in [6, 6.07) is 11.6. The maximum absolute atomic E-state index is 13.4. The molecular weight excluding hydrogens is 361 g/mol. The first-order chi connectivity index (χ1) is 12.0. The molecule has 2 heterocycles. The fourth-order valence-corrected chi connectivity index (χ4v) is 4.03. The Labute approximate surface area is 151 Å². The minimum atomic E-state index is -0.984. The largest absolute Gasteiger partial charge is 0.478 e. The van der Waals surface area contributed by atoms with Crippen LogP contribution in [0.25, 0.3) is 21.0 Å². The van der Waals surface area contributed by atoms with Gasteiger partial charge in [-0.05, 0) is 41.3 Å². The molecule has 0 amide bonds. The average Bonchev–Trinajstić information content (AvgIpc) is 3.08. The van der Waals surface area contributed by atoms with Gasteiger partial charge in [0.1, 0.15) is 5.82 Å². The minimum Gasteiger partial charge on any atom is -0.478 e. The number of aromatic nitrogens is 1. The lowest BCUT2D eigenvalue weighted by Gasteiger charge is -2.08. The summed E-state index contributed by atoms with van der Waals surface area (Å²) in [7, 11) is 0. The van der Waals surface area contributed by atoms with Crippen molar-refractivity contribution in [2.45, 2.75) is 6.42 Å². The number of hydrogen-bond acceptors (Lipinski definition) is 3. The fourth-order valence-electron chi connectivity index (χ4n) is 2.88. The van der Waals surface area contributed by atoms with Gasteiger partial charge in [0.25, 0.3) is 0 Å². The molecule has 2 aromatic heterocycles. The Kier molecular flexibility index (Phi) is 3.90. The number of benzene rings is 2. The highest BCUT2D eigenvalue weighted by Gasteiger charge is 2.13. The number of halogens is 2. The highest BCUT2D eigenvalue weighted by molar-refractivity contribution is 7.18. The Bertz CT molecular complexity index is 1140. The second-order valence-electron chi connectivity index (χ2n) is 5.68. The Balaban J connectivity index is 1.90. The Morgan fingerprint density at radius 3 is 2.76 bits per heavy atom. The van der Waals surface area contributed by atoms with E-state index >= 15 is 0 Å². The molecule has 0 aliphatic carbocycles. The number of nitrogens with zero attached hydrogens (tertiary/aromatic N) is 1. The molecule has 0 unspecified atom stereocenters. The summed E-state index contributed by atoms with van der Waals surface area (Å²) in [6.45, 7) is 0. The molecule has 0 bridgehead atoms. The van der Waals surface area contributed by atoms with Gasteiger partial charge in [-0.15, -0.1) is 11.3 Å². The molecule has 0 saturated carbocycles. The van der Waals surface area contributed by atoms with Crippen LogP contribution >= 0.6 is 22.9 Å². The van der Waals surface area contributed by atoms with Gasteiger partial charge in [-0.1, -0.05) is 23.7 Å². The molecule has 0 saturated heterocycles. The first-order valence-corrected chi connectivity index (χ1v) is 8.76. The van der Waals surface area contributed by atoms with Crippen LogP contribution in [0.4, 0.5) is 4.39 Å². The molecule has 6 heteroatoms. The average molecular weight is 372 g/mol. The van der Waals surface area contributed by atoms with Crippen molar-refractivity contribution >= 4 is 49.9 Å². The minimum absolute atomic E-state index is 0.0769. The van der Waals surface area contributed by atoms with Crippen LogP contribution in [-0.2, 0) is 6.42 Å². The molecule has 4 rings (SSSR count). The summed E-state index contributed by atoms with van der Waals surface area (Å²) < 4.78 is 14.4. The lowest BCUT2D eigenvalue weighted by atomic mass is 10.0. The zero-order valence-electron chi connectivity index (χ0n) is 12.8. The molecule has 0 fully saturated rings. The van der Waals surface area contributed by atoms with Crippen molar-refractivity contribution in [2.75, 3.05) is 0 Å². The van der Waals surface area contributed by atoms with Crippen molar-refractivity contribution in [1.82, 2.24) is 4.98 Å². The van der Waals surface area contributed by atoms with Gasteiger partial charge in [0, 0.05) is 21.9 Å². The van der Waals surface area contributed by atoms with Gasteiger partial charge in [0.15, 0.2) is 0 Å². The first-order valence-electron chi connectivity index (χ1n) is 7.50. The van der Waals surface area contributed by atoms with E-state index in [9.17, 15) is 14.3 Å². The fraction of sp³-hybridized carbons (Fsp3) is 0.0526. The van der Waals surface area contributed by atoms with Crippen molar-refractivity contribution in [1.29, 1.82) is 0 Å². The number of fused-ring (bicyclic) bond motifs is 3. The third kappa shape index (κ3) is 2.86. The maximum atomic E-state index is 13.4. The molecule has 0 aliphatic heterocycles. The van der Waals surface area contributed by atoms with Gasteiger partial charge in [-0.3, -0.25) is 4.98 Å². The van der Waals surface area contributed by atoms with Gasteiger partial charge in [0.05, 0.1) is 21.8 Å². The first kappa shape index (κ1) is 16.0. The van der Waals surface area contributed by atoms with E-state index < -0.39 is 11.8 Å². The number of carboxylic acid groups (broad SMARTS) is 1. The van der Waals surface area contributed by atoms with E-state index in [1.165, 1.54) is 6.07 Å². The molecule has 124 valence electrons. The number of thiophene rings is 1. The van der Waals surface area contributed by atoms with Gasteiger partial charge in [-0.2, -0.15) is 0 Å². The number of carboxylic acids is 1. The van der Waals surface area contributed by atoms with Crippen molar-refractivity contribution in [3.63, 3.8) is 0 Å². The van der Waals surface area contributed by atoms with E-state index in [0.717, 1.165) is 26.7 Å². The zero-order valence-corrected chi connectivity index (χ0v) is 14.4. The summed E-state index contributed by atoms with van der Waals surface area (Å²) in [5, 5.41) is 13.2. The van der Waals surface area contributed by atoms with Crippen LogP contribution in [0, 0.1) is 5.82 Å². The molecule has 4 aromatic rings. The maximum Gasteiger partial charge on any atom is 0.335 e. The van der Waals surface area contributed by atoms with Crippen molar-refractivity contribution < 1.29 is 14.3 Å². The molecule has 25 heavy (non-hydrogen) atoms. The van der Waals surface area contributed by atoms with Gasteiger partial charge in [0.2, 0.25) is 0 Å². The van der Waals surface area contributed by atoms with Gasteiger partial charge < -0.3 is 5.11 Å². The monoisotopic (exact) mass is 371 g/mol. The molecule has 0 spiro atoms. The second-order valence-corrected chi connectivity index (χ2v) is 7.01. The van der Waals surface area contributed by atoms with Crippen LogP contribution in [-0.4, -0.2) is 16.1 Å². The van der Waals surface area contributed by atoms with Crippen LogP contribution in [0.3, 0.4) is 0 Å². The highest BCUT2D eigenvalue weighted by Crippen LogP contribution is 2.32. The summed E-state index contributed by atoms with van der Waals surface area (Å²) >= 11 is 7.46. The Morgan fingerprint density at radius 2 is 2.00 bits per heavy atom. The van der Waals surface area contributed by atoms with Crippen LogP contribution in [0.1, 0.15) is 21.6 Å². The topological polar surface area (TPSA) is 50.2 Å². The SMILES string of the molecule is O=C(O)c1ccc2c(c1)nc(Cc1ccc(F)c(Cl)c1)c1ccsc12. The standard InChI is InChI=1S/C19H11ClFNO2S/c20-14-7-10(1-4-15(14)21)8-16-13-5-6-25-18(13)12-3-2-11(19(23)24)9-17(12)22-16/h1-7,9H,8H2,(H,23,24). The summed E-state index contributed by atoms with van der Waals surface area (Å²) in [5.41, 5.74) is 2.50. The summed E-state index contributed by atoms with van der Waals surface area (Å²) in [5.74, 6) is -1.44. The molecule has 0 aliphatic rings. The smallest absolute Gasteiger partial charge is 0.335 e. The molecule has 3 nitrogen and oxygen atoms in total. The van der Waals surface area contributed by atoms with Crippen LogP contribution < -0.4 is 0 Å². The lowest BCUT2D eigenvalue weighted by molar-refractivity contribution is 0.0697. The van der Waals surface area contributed by atoms with Crippen molar-refractivity contribution in [3.8, 4) is 0 Å². The Morgan fingerprint density at radius 1 is 1.16 bits per heavy atom. The number of aromatic carboxylic acids is 1. The van der Waals surface area contributed by atoms with Crippen LogP contribution in [0.2, 0.25) is 5.02 Å². The van der Waals surface area contributed by atoms with Gasteiger partial charge >= 0.3 is 5.97 Å². The van der Waals surface area contributed by atoms with Crippen molar-refractivity contribution in [2.24, 2.45) is 0 Å². The Hall–Kier alpha value is -2.50. The third-order valence-corrected chi connectivity index (χ3v) is 5.31. The predicted molar refractivity (Wildman–Crippen MR) is 98.3 cm³/mol. The number of pyridine rings is 1. The molecule has 0 radical (unpaired) electrons. The van der Waals surface area contributed by atoms with E-state index in [0.29, 0.717) is 11.9 Å². The number of rotatable bonds is 3. The quantitative estimate of drug-likeness (QED) is 0.515. The second kappa shape index (κ2) is 6.10. The van der Waals surface area contributed by atoms with Crippen molar-refractivity contribution in [3.05, 3.63) is 75.5 Å². The highest BCUT2D eigenvalue weighted by atomic mass is 35.5. The molecule has 0 atom stereocenters. The molecular formula is C19H11ClFNO2S. The van der Waals surface area contributed by atoms with Gasteiger partial charge in [-0.25, -0.2) is 9.18 Å². The number of hydrogen-bond donors (Lipinski definition) is 1. The molecule has 1 N–H and O–H groups in total. The molecule has 2 aromatic carbocycles. The van der Waals surface area contributed by atoms with Crippen LogP contribution in [0.5, 0.6) is 0 Å². The number of carbonyl (C=O) groups is 1. The van der Waals surface area contributed by atoms with E-state index in [-0.39, 0.29) is 10.6 Å². The van der Waals surface area contributed by atoms with Crippen LogP contribution in [0.15, 0.2) is 47.8 Å². The normalized spacial score (nSPS) is 11.3. The van der Waals surface area contributed by atoms with E-state index in [2.05, 4.69) is 4.98 Å². The summed E-state index contributed by atoms with van der Waals surface area (Å²) in [6.07, 6.45) is 0.487.